The Hall–Kier alpha value is -1.75. The van der Waals surface area contributed by atoms with Gasteiger partial charge in [-0.15, -0.1) is 12.4 Å². The summed E-state index contributed by atoms with van der Waals surface area (Å²) < 4.78 is 30.0. The molecule has 33 heavy (non-hydrogen) atoms. The van der Waals surface area contributed by atoms with Crippen LogP contribution in [0.15, 0.2) is 47.4 Å². The van der Waals surface area contributed by atoms with E-state index in [4.69, 9.17) is 16.3 Å². The number of ether oxygens (including phenoxy) is 1. The van der Waals surface area contributed by atoms with Gasteiger partial charge in [0.1, 0.15) is 0 Å². The molecule has 178 valence electrons. The number of rotatable bonds is 7. The molecule has 0 atom stereocenters. The number of hydrogen-bond acceptors (Lipinski definition) is 7. The Morgan fingerprint density at radius 2 is 1.88 bits per heavy atom. The van der Waals surface area contributed by atoms with Crippen LogP contribution < -0.4 is 4.90 Å². The fourth-order valence-corrected chi connectivity index (χ4v) is 5.40. The second-order valence-corrected chi connectivity index (χ2v) is 11.2. The van der Waals surface area contributed by atoms with Crippen molar-refractivity contribution in [2.75, 3.05) is 50.5 Å². The van der Waals surface area contributed by atoms with Crippen LogP contribution in [0.4, 0.5) is 5.13 Å². The minimum Gasteiger partial charge on any atom is -0.379 e. The van der Waals surface area contributed by atoms with Gasteiger partial charge in [-0.1, -0.05) is 35.1 Å². The summed E-state index contributed by atoms with van der Waals surface area (Å²) in [7, 11) is -3.32. The zero-order chi connectivity index (χ0) is 22.7. The van der Waals surface area contributed by atoms with Gasteiger partial charge in [-0.25, -0.2) is 13.4 Å². The molecule has 1 aromatic heterocycles. The van der Waals surface area contributed by atoms with E-state index in [0.717, 1.165) is 23.4 Å². The first-order valence-electron chi connectivity index (χ1n) is 10.3. The van der Waals surface area contributed by atoms with Gasteiger partial charge in [0.05, 0.1) is 34.7 Å². The molecule has 1 aliphatic rings. The standard InChI is InChI=1S/C22H24ClN3O4S2.ClH/c1-32(28,29)18-6-7-19-20(15-18)31-22(24-19)26(9-8-25-10-12-30-13-11-25)21(27)14-16-2-4-17(23)5-3-16;/h2-7,15H,8-14H2,1H3;1H. The summed E-state index contributed by atoms with van der Waals surface area (Å²) in [5.74, 6) is -0.0667. The number of thiazole rings is 1. The van der Waals surface area contributed by atoms with Crippen molar-refractivity contribution < 1.29 is 17.9 Å². The van der Waals surface area contributed by atoms with Crippen LogP contribution in [0.25, 0.3) is 10.2 Å². The van der Waals surface area contributed by atoms with Crippen molar-refractivity contribution in [3.05, 3.63) is 53.1 Å². The first kappa shape index (κ1) is 25.9. The largest absolute Gasteiger partial charge is 0.379 e. The van der Waals surface area contributed by atoms with Gasteiger partial charge in [0, 0.05) is 37.5 Å². The van der Waals surface area contributed by atoms with Crippen LogP contribution >= 0.6 is 35.3 Å². The van der Waals surface area contributed by atoms with E-state index >= 15 is 0 Å². The van der Waals surface area contributed by atoms with Crippen LogP contribution in [0.1, 0.15) is 5.56 Å². The van der Waals surface area contributed by atoms with E-state index in [1.807, 2.05) is 12.1 Å². The van der Waals surface area contributed by atoms with E-state index < -0.39 is 9.84 Å². The molecule has 1 aliphatic heterocycles. The van der Waals surface area contributed by atoms with E-state index in [1.165, 1.54) is 17.6 Å². The van der Waals surface area contributed by atoms with Crippen LogP contribution in [0, 0.1) is 0 Å². The van der Waals surface area contributed by atoms with Gasteiger partial charge in [0.25, 0.3) is 0 Å². The number of carbonyl (C=O) groups is 1. The third kappa shape index (κ3) is 6.65. The maximum atomic E-state index is 13.3. The predicted octanol–water partition coefficient (Wildman–Crippen LogP) is 3.68. The molecule has 7 nitrogen and oxygen atoms in total. The van der Waals surface area contributed by atoms with Gasteiger partial charge in [-0.2, -0.15) is 0 Å². The SMILES string of the molecule is CS(=O)(=O)c1ccc2nc(N(CCN3CCOCC3)C(=O)Cc3ccc(Cl)cc3)sc2c1.Cl. The second kappa shape index (κ2) is 11.1. The fourth-order valence-electron chi connectivity index (χ4n) is 3.50. The van der Waals surface area contributed by atoms with Crippen molar-refractivity contribution >= 4 is 66.4 Å². The molecule has 11 heteroatoms. The van der Waals surface area contributed by atoms with Gasteiger partial charge in [0.15, 0.2) is 15.0 Å². The number of hydrogen-bond donors (Lipinski definition) is 0. The molecule has 0 N–H and O–H groups in total. The van der Waals surface area contributed by atoms with Gasteiger partial charge in [-0.05, 0) is 35.9 Å². The summed E-state index contributed by atoms with van der Waals surface area (Å²) in [6.45, 7) is 4.24. The third-order valence-corrected chi connectivity index (χ3v) is 7.72. The number of carbonyl (C=O) groups excluding carboxylic acids is 1. The number of halogens is 2. The van der Waals surface area contributed by atoms with Crippen molar-refractivity contribution in [3.63, 3.8) is 0 Å². The van der Waals surface area contributed by atoms with Gasteiger partial charge >= 0.3 is 0 Å². The highest BCUT2D eigenvalue weighted by Crippen LogP contribution is 2.31. The Kier molecular flexibility index (Phi) is 8.71. The van der Waals surface area contributed by atoms with E-state index in [2.05, 4.69) is 9.88 Å². The maximum Gasteiger partial charge on any atom is 0.233 e. The quantitative estimate of drug-likeness (QED) is 0.464. The van der Waals surface area contributed by atoms with Crippen LogP contribution in [0.2, 0.25) is 5.02 Å². The molecule has 1 amide bonds. The highest BCUT2D eigenvalue weighted by atomic mass is 35.5. The van der Waals surface area contributed by atoms with Gasteiger partial charge < -0.3 is 4.74 Å². The number of benzene rings is 2. The van der Waals surface area contributed by atoms with E-state index in [1.54, 1.807) is 35.2 Å². The van der Waals surface area contributed by atoms with Gasteiger partial charge in [0.2, 0.25) is 5.91 Å². The molecule has 2 heterocycles. The molecule has 1 fully saturated rings. The lowest BCUT2D eigenvalue weighted by Gasteiger charge is -2.29. The summed E-state index contributed by atoms with van der Waals surface area (Å²) in [6, 6.07) is 12.1. The molecule has 0 saturated carbocycles. The first-order chi connectivity index (χ1) is 15.3. The molecule has 3 aromatic rings. The summed E-state index contributed by atoms with van der Waals surface area (Å²) in [5.41, 5.74) is 1.55. The van der Waals surface area contributed by atoms with Crippen LogP contribution in [0.5, 0.6) is 0 Å². The number of sulfone groups is 1. The monoisotopic (exact) mass is 529 g/mol. The molecule has 4 rings (SSSR count). The first-order valence-corrected chi connectivity index (χ1v) is 13.3. The number of aromatic nitrogens is 1. The molecular weight excluding hydrogens is 505 g/mol. The average Bonchev–Trinajstić information content (AvgIpc) is 3.18. The van der Waals surface area contributed by atoms with E-state index in [-0.39, 0.29) is 29.6 Å². The minimum absolute atomic E-state index is 0. The molecule has 2 aromatic carbocycles. The highest BCUT2D eigenvalue weighted by molar-refractivity contribution is 7.90. The zero-order valence-electron chi connectivity index (χ0n) is 18.1. The van der Waals surface area contributed by atoms with Crippen molar-refractivity contribution in [2.45, 2.75) is 11.3 Å². The van der Waals surface area contributed by atoms with E-state index in [0.29, 0.717) is 42.0 Å². The minimum atomic E-state index is -3.32. The third-order valence-electron chi connectivity index (χ3n) is 5.32. The highest BCUT2D eigenvalue weighted by Gasteiger charge is 2.22. The van der Waals surface area contributed by atoms with E-state index in [9.17, 15) is 13.2 Å². The number of amides is 1. The number of fused-ring (bicyclic) bond motifs is 1. The second-order valence-electron chi connectivity index (χ2n) is 7.70. The van der Waals surface area contributed by atoms with Crippen molar-refractivity contribution in [2.24, 2.45) is 0 Å². The lowest BCUT2D eigenvalue weighted by Crippen LogP contribution is -2.43. The molecule has 0 spiro atoms. The Morgan fingerprint density at radius 1 is 1.18 bits per heavy atom. The normalized spacial score (nSPS) is 14.7. The fraction of sp³-hybridized carbons (Fsp3) is 0.364. The number of anilines is 1. The maximum absolute atomic E-state index is 13.3. The summed E-state index contributed by atoms with van der Waals surface area (Å²) in [5, 5.41) is 1.19. The summed E-state index contributed by atoms with van der Waals surface area (Å²) in [4.78, 5) is 22.1. The average molecular weight is 530 g/mol. The van der Waals surface area contributed by atoms with Crippen molar-refractivity contribution in [1.29, 1.82) is 0 Å². The van der Waals surface area contributed by atoms with Crippen LogP contribution in [-0.2, 0) is 25.8 Å². The summed E-state index contributed by atoms with van der Waals surface area (Å²) >= 11 is 7.30. The van der Waals surface area contributed by atoms with Crippen LogP contribution in [0.3, 0.4) is 0 Å². The Balaban J connectivity index is 0.00000306. The molecule has 0 unspecified atom stereocenters. The molecular formula is C22H25Cl2N3O4S2. The molecule has 0 radical (unpaired) electrons. The molecule has 0 aliphatic carbocycles. The summed E-state index contributed by atoms with van der Waals surface area (Å²) in [6.07, 6.45) is 1.41. The molecule has 0 bridgehead atoms. The zero-order valence-corrected chi connectivity index (χ0v) is 21.3. The lowest BCUT2D eigenvalue weighted by atomic mass is 10.1. The molecule has 1 saturated heterocycles. The topological polar surface area (TPSA) is 79.8 Å². The Labute approximate surface area is 208 Å². The smallest absolute Gasteiger partial charge is 0.233 e. The lowest BCUT2D eigenvalue weighted by molar-refractivity contribution is -0.118. The predicted molar refractivity (Wildman–Crippen MR) is 135 cm³/mol. The Morgan fingerprint density at radius 3 is 2.55 bits per heavy atom. The number of morpholine rings is 1. The van der Waals surface area contributed by atoms with Gasteiger partial charge in [-0.3, -0.25) is 14.6 Å². The van der Waals surface area contributed by atoms with Crippen molar-refractivity contribution in [1.82, 2.24) is 9.88 Å². The van der Waals surface area contributed by atoms with Crippen LogP contribution in [-0.4, -0.2) is 69.9 Å². The number of nitrogens with zero attached hydrogens (tertiary/aromatic N) is 3. The van der Waals surface area contributed by atoms with Crippen molar-refractivity contribution in [3.8, 4) is 0 Å². The Bertz CT molecular complexity index is 1210.